The normalized spacial score (nSPS) is 18.7. The summed E-state index contributed by atoms with van der Waals surface area (Å²) in [6.45, 7) is 7.58. The highest BCUT2D eigenvalue weighted by atomic mass is 16.5. The SMILES string of the molecule is CCOC(=O)C1CCN(CC(O)COCC(C)c2ccccc2)CC1. The van der Waals surface area contributed by atoms with Crippen LogP contribution in [0.25, 0.3) is 0 Å². The number of benzene rings is 1. The Morgan fingerprint density at radius 3 is 2.56 bits per heavy atom. The fourth-order valence-corrected chi connectivity index (χ4v) is 3.22. The Balaban J connectivity index is 1.61. The van der Waals surface area contributed by atoms with Crippen LogP contribution in [-0.4, -0.2) is 61.5 Å². The lowest BCUT2D eigenvalue weighted by Crippen LogP contribution is -2.42. The first-order valence-electron chi connectivity index (χ1n) is 9.29. The van der Waals surface area contributed by atoms with Gasteiger partial charge in [-0.2, -0.15) is 0 Å². The molecule has 0 amide bonds. The van der Waals surface area contributed by atoms with Crippen LogP contribution in [0.15, 0.2) is 30.3 Å². The standard InChI is InChI=1S/C20H31NO4/c1-3-25-20(23)18-9-11-21(12-10-18)13-19(22)15-24-14-16(2)17-7-5-4-6-8-17/h4-8,16,18-19,22H,3,9-15H2,1-2H3. The fraction of sp³-hybridized carbons (Fsp3) is 0.650. The zero-order valence-electron chi connectivity index (χ0n) is 15.4. The number of hydrogen-bond donors (Lipinski definition) is 1. The van der Waals surface area contributed by atoms with Gasteiger partial charge in [0.05, 0.1) is 31.8 Å². The third-order valence-corrected chi connectivity index (χ3v) is 4.72. The number of carbonyl (C=O) groups is 1. The topological polar surface area (TPSA) is 59.0 Å². The Labute approximate surface area is 150 Å². The van der Waals surface area contributed by atoms with Gasteiger partial charge in [0, 0.05) is 12.5 Å². The minimum absolute atomic E-state index is 0.0105. The monoisotopic (exact) mass is 349 g/mol. The lowest BCUT2D eigenvalue weighted by molar-refractivity contribution is -0.149. The van der Waals surface area contributed by atoms with E-state index in [0.717, 1.165) is 25.9 Å². The number of piperidine rings is 1. The maximum absolute atomic E-state index is 11.7. The van der Waals surface area contributed by atoms with Gasteiger partial charge >= 0.3 is 5.97 Å². The van der Waals surface area contributed by atoms with Crippen LogP contribution in [-0.2, 0) is 14.3 Å². The van der Waals surface area contributed by atoms with E-state index in [4.69, 9.17) is 9.47 Å². The molecule has 0 aromatic heterocycles. The second-order valence-corrected chi connectivity index (χ2v) is 6.83. The van der Waals surface area contributed by atoms with Crippen molar-refractivity contribution in [3.63, 3.8) is 0 Å². The van der Waals surface area contributed by atoms with Crippen LogP contribution >= 0.6 is 0 Å². The first-order valence-corrected chi connectivity index (χ1v) is 9.29. The van der Waals surface area contributed by atoms with Crippen LogP contribution in [0, 0.1) is 5.92 Å². The molecule has 1 aliphatic heterocycles. The number of nitrogens with zero attached hydrogens (tertiary/aromatic N) is 1. The van der Waals surface area contributed by atoms with Crippen molar-refractivity contribution in [2.24, 2.45) is 5.92 Å². The van der Waals surface area contributed by atoms with E-state index in [1.807, 2.05) is 25.1 Å². The van der Waals surface area contributed by atoms with Gasteiger partial charge in [-0.25, -0.2) is 0 Å². The molecule has 2 atom stereocenters. The van der Waals surface area contributed by atoms with Crippen molar-refractivity contribution in [2.45, 2.75) is 38.7 Å². The molecule has 0 saturated carbocycles. The van der Waals surface area contributed by atoms with E-state index in [1.54, 1.807) is 0 Å². The molecule has 1 heterocycles. The largest absolute Gasteiger partial charge is 0.466 e. The summed E-state index contributed by atoms with van der Waals surface area (Å²) in [6.07, 6.45) is 1.11. The van der Waals surface area contributed by atoms with Crippen molar-refractivity contribution >= 4 is 5.97 Å². The van der Waals surface area contributed by atoms with Crippen molar-refractivity contribution in [3.05, 3.63) is 35.9 Å². The molecule has 0 aliphatic carbocycles. The van der Waals surface area contributed by atoms with E-state index in [0.29, 0.717) is 32.3 Å². The minimum Gasteiger partial charge on any atom is -0.466 e. The van der Waals surface area contributed by atoms with E-state index in [-0.39, 0.29) is 11.9 Å². The number of hydrogen-bond acceptors (Lipinski definition) is 5. The molecule has 5 nitrogen and oxygen atoms in total. The predicted octanol–water partition coefficient (Wildman–Crippen LogP) is 2.44. The van der Waals surface area contributed by atoms with Gasteiger partial charge in [-0.1, -0.05) is 37.3 Å². The molecule has 1 aliphatic rings. The van der Waals surface area contributed by atoms with E-state index in [9.17, 15) is 9.90 Å². The summed E-state index contributed by atoms with van der Waals surface area (Å²) in [5.41, 5.74) is 1.25. The molecule has 0 bridgehead atoms. The molecule has 140 valence electrons. The lowest BCUT2D eigenvalue weighted by Gasteiger charge is -2.32. The molecular weight excluding hydrogens is 318 g/mol. The molecule has 1 aromatic carbocycles. The number of aliphatic hydroxyl groups is 1. The maximum atomic E-state index is 11.7. The van der Waals surface area contributed by atoms with Gasteiger partial charge in [-0.3, -0.25) is 4.79 Å². The summed E-state index contributed by atoms with van der Waals surface area (Å²) >= 11 is 0. The van der Waals surface area contributed by atoms with Crippen molar-refractivity contribution in [2.75, 3.05) is 39.5 Å². The van der Waals surface area contributed by atoms with Crippen molar-refractivity contribution in [1.29, 1.82) is 0 Å². The highest BCUT2D eigenvalue weighted by molar-refractivity contribution is 5.72. The Bertz CT molecular complexity index is 500. The summed E-state index contributed by atoms with van der Waals surface area (Å²) in [5, 5.41) is 10.2. The van der Waals surface area contributed by atoms with Crippen LogP contribution in [0.3, 0.4) is 0 Å². The van der Waals surface area contributed by atoms with Gasteiger partial charge < -0.3 is 19.5 Å². The second-order valence-electron chi connectivity index (χ2n) is 6.83. The van der Waals surface area contributed by atoms with Crippen LogP contribution in [0.1, 0.15) is 38.2 Å². The number of β-amino-alcohol motifs (C(OH)–C–C–N with tert-alkyl or cyclic N) is 1. The first-order chi connectivity index (χ1) is 12.1. The van der Waals surface area contributed by atoms with Gasteiger partial charge in [-0.15, -0.1) is 0 Å². The zero-order chi connectivity index (χ0) is 18.1. The number of likely N-dealkylation sites (tertiary alicyclic amines) is 1. The highest BCUT2D eigenvalue weighted by Crippen LogP contribution is 2.19. The van der Waals surface area contributed by atoms with E-state index in [1.165, 1.54) is 5.56 Å². The lowest BCUT2D eigenvalue weighted by atomic mass is 9.97. The second kappa shape index (κ2) is 10.5. The molecule has 5 heteroatoms. The van der Waals surface area contributed by atoms with Crippen LogP contribution in [0.2, 0.25) is 0 Å². The average Bonchev–Trinajstić information content (AvgIpc) is 2.63. The number of ether oxygens (including phenoxy) is 2. The first kappa shape index (κ1) is 19.9. The number of esters is 1. The van der Waals surface area contributed by atoms with E-state index in [2.05, 4.69) is 24.0 Å². The number of aliphatic hydroxyl groups excluding tert-OH is 1. The molecule has 1 aromatic rings. The smallest absolute Gasteiger partial charge is 0.309 e. The van der Waals surface area contributed by atoms with Crippen LogP contribution in [0.5, 0.6) is 0 Å². The van der Waals surface area contributed by atoms with E-state index >= 15 is 0 Å². The molecule has 1 saturated heterocycles. The molecule has 1 N–H and O–H groups in total. The molecular formula is C20H31NO4. The molecule has 25 heavy (non-hydrogen) atoms. The summed E-state index contributed by atoms with van der Waals surface area (Å²) in [6, 6.07) is 10.3. The van der Waals surface area contributed by atoms with Gasteiger partial charge in [0.15, 0.2) is 0 Å². The summed E-state index contributed by atoms with van der Waals surface area (Å²) < 4.78 is 10.8. The molecule has 1 fully saturated rings. The molecule has 0 radical (unpaired) electrons. The highest BCUT2D eigenvalue weighted by Gasteiger charge is 2.26. The average molecular weight is 349 g/mol. The Morgan fingerprint density at radius 2 is 1.92 bits per heavy atom. The van der Waals surface area contributed by atoms with Crippen molar-refractivity contribution < 1.29 is 19.4 Å². The van der Waals surface area contributed by atoms with Gasteiger partial charge in [0.2, 0.25) is 0 Å². The summed E-state index contributed by atoms with van der Waals surface area (Å²) in [7, 11) is 0. The van der Waals surface area contributed by atoms with Crippen LogP contribution in [0.4, 0.5) is 0 Å². The third kappa shape index (κ3) is 6.77. The van der Waals surface area contributed by atoms with E-state index < -0.39 is 6.10 Å². The van der Waals surface area contributed by atoms with Crippen LogP contribution < -0.4 is 0 Å². The molecule has 0 spiro atoms. The molecule has 2 rings (SSSR count). The predicted molar refractivity (Wildman–Crippen MR) is 97.5 cm³/mol. The quantitative estimate of drug-likeness (QED) is 0.694. The third-order valence-electron chi connectivity index (χ3n) is 4.72. The summed E-state index contributed by atoms with van der Waals surface area (Å²) in [4.78, 5) is 13.9. The molecule has 2 unspecified atom stereocenters. The van der Waals surface area contributed by atoms with Gasteiger partial charge in [0.25, 0.3) is 0 Å². The number of carbonyl (C=O) groups excluding carboxylic acids is 1. The minimum atomic E-state index is -0.498. The summed E-state index contributed by atoms with van der Waals surface area (Å²) in [5.74, 6) is 0.242. The number of rotatable bonds is 9. The van der Waals surface area contributed by atoms with Gasteiger partial charge in [-0.05, 0) is 38.4 Å². The zero-order valence-corrected chi connectivity index (χ0v) is 15.4. The van der Waals surface area contributed by atoms with Crippen molar-refractivity contribution in [1.82, 2.24) is 4.90 Å². The maximum Gasteiger partial charge on any atom is 0.309 e. The Kier molecular flexibility index (Phi) is 8.38. The van der Waals surface area contributed by atoms with Crippen molar-refractivity contribution in [3.8, 4) is 0 Å². The Hall–Kier alpha value is -1.43. The van der Waals surface area contributed by atoms with Gasteiger partial charge in [0.1, 0.15) is 0 Å². The Morgan fingerprint density at radius 1 is 1.24 bits per heavy atom. The fourth-order valence-electron chi connectivity index (χ4n) is 3.22.